The number of carbonyl (C=O) groups is 1. The molecule has 1 fully saturated rings. The normalized spacial score (nSPS) is 26.4. The van der Waals surface area contributed by atoms with Gasteiger partial charge >= 0.3 is 6.09 Å². The fourth-order valence-electron chi connectivity index (χ4n) is 2.41. The Morgan fingerprint density at radius 3 is 2.37 bits per heavy atom. The molecule has 104 valence electrons. The smallest absolute Gasteiger partial charge is 0.408 e. The van der Waals surface area contributed by atoms with E-state index in [1.807, 2.05) is 51.1 Å². The van der Waals surface area contributed by atoms with E-state index in [4.69, 9.17) is 4.74 Å². The zero-order valence-corrected chi connectivity index (χ0v) is 11.6. The summed E-state index contributed by atoms with van der Waals surface area (Å²) in [6, 6.07) is 9.71. The van der Waals surface area contributed by atoms with E-state index in [0.29, 0.717) is 12.8 Å². The Hall–Kier alpha value is -1.55. The van der Waals surface area contributed by atoms with Crippen molar-refractivity contribution in [3.05, 3.63) is 35.9 Å². The van der Waals surface area contributed by atoms with Gasteiger partial charge in [0.15, 0.2) is 0 Å². The van der Waals surface area contributed by atoms with Gasteiger partial charge in [-0.2, -0.15) is 0 Å². The van der Waals surface area contributed by atoms with Gasteiger partial charge in [-0.15, -0.1) is 0 Å². The minimum atomic E-state index is -0.523. The van der Waals surface area contributed by atoms with E-state index < -0.39 is 17.2 Å². The summed E-state index contributed by atoms with van der Waals surface area (Å²) in [6.45, 7) is 5.49. The Bertz CT molecular complexity index is 444. The van der Waals surface area contributed by atoms with Crippen LogP contribution in [0.3, 0.4) is 0 Å². The number of alkyl carbamates (subject to hydrolysis) is 1. The van der Waals surface area contributed by atoms with E-state index in [9.17, 15) is 9.90 Å². The van der Waals surface area contributed by atoms with Crippen molar-refractivity contribution in [1.29, 1.82) is 0 Å². The van der Waals surface area contributed by atoms with Crippen LogP contribution in [0, 0.1) is 0 Å². The van der Waals surface area contributed by atoms with Crippen LogP contribution in [0.1, 0.15) is 39.2 Å². The van der Waals surface area contributed by atoms with E-state index in [2.05, 4.69) is 5.32 Å². The van der Waals surface area contributed by atoms with E-state index in [1.165, 1.54) is 0 Å². The quantitative estimate of drug-likeness (QED) is 0.862. The van der Waals surface area contributed by atoms with Gasteiger partial charge in [-0.05, 0) is 26.3 Å². The lowest BCUT2D eigenvalue weighted by Gasteiger charge is -2.46. The molecule has 0 aromatic heterocycles. The Kier molecular flexibility index (Phi) is 3.54. The summed E-state index contributed by atoms with van der Waals surface area (Å²) in [5, 5.41) is 12.5. The highest BCUT2D eigenvalue weighted by Crippen LogP contribution is 2.41. The van der Waals surface area contributed by atoms with Gasteiger partial charge in [0.05, 0.1) is 11.6 Å². The first kappa shape index (κ1) is 13.9. The number of carbonyl (C=O) groups excluding carboxylic acids is 1. The summed E-state index contributed by atoms with van der Waals surface area (Å²) < 4.78 is 5.29. The van der Waals surface area contributed by atoms with Gasteiger partial charge < -0.3 is 15.2 Å². The SMILES string of the molecule is CC(C)(C)OC(=O)NC1(c2ccccc2)CC(O)C1. The minimum Gasteiger partial charge on any atom is -0.444 e. The molecule has 0 atom stereocenters. The number of amides is 1. The van der Waals surface area contributed by atoms with E-state index >= 15 is 0 Å². The standard InChI is InChI=1S/C15H21NO3/c1-14(2,3)19-13(18)16-15(9-12(17)10-15)11-7-5-4-6-8-11/h4-8,12,17H,9-10H2,1-3H3,(H,16,18). The van der Waals surface area contributed by atoms with E-state index in [0.717, 1.165) is 5.56 Å². The molecule has 0 bridgehead atoms. The highest BCUT2D eigenvalue weighted by molar-refractivity contribution is 5.69. The number of hydrogen-bond donors (Lipinski definition) is 2. The first-order chi connectivity index (χ1) is 8.81. The van der Waals surface area contributed by atoms with Crippen LogP contribution in [-0.4, -0.2) is 22.9 Å². The third-order valence-electron chi connectivity index (χ3n) is 3.23. The third kappa shape index (κ3) is 3.26. The molecule has 4 nitrogen and oxygen atoms in total. The molecule has 1 aliphatic rings. The maximum atomic E-state index is 11.9. The highest BCUT2D eigenvalue weighted by Gasteiger charge is 2.46. The predicted octanol–water partition coefficient (Wildman–Crippen LogP) is 2.56. The number of ether oxygens (including phenoxy) is 1. The molecule has 1 aromatic carbocycles. The lowest BCUT2D eigenvalue weighted by molar-refractivity contribution is -0.0124. The lowest BCUT2D eigenvalue weighted by atomic mass is 9.70. The van der Waals surface area contributed by atoms with Crippen LogP contribution in [0.5, 0.6) is 0 Å². The van der Waals surface area contributed by atoms with Gasteiger partial charge in [-0.1, -0.05) is 30.3 Å². The molecule has 0 unspecified atom stereocenters. The molecule has 2 rings (SSSR count). The molecule has 0 radical (unpaired) electrons. The van der Waals surface area contributed by atoms with E-state index in [1.54, 1.807) is 0 Å². The number of rotatable bonds is 2. The summed E-state index contributed by atoms with van der Waals surface area (Å²) in [7, 11) is 0. The molecule has 0 spiro atoms. The van der Waals surface area contributed by atoms with Crippen molar-refractivity contribution in [3.8, 4) is 0 Å². The summed E-state index contributed by atoms with van der Waals surface area (Å²) in [4.78, 5) is 11.9. The molecule has 0 aliphatic heterocycles. The van der Waals surface area contributed by atoms with Crippen molar-refractivity contribution in [2.24, 2.45) is 0 Å². The van der Waals surface area contributed by atoms with Crippen LogP contribution in [0.4, 0.5) is 4.79 Å². The number of benzene rings is 1. The molecule has 2 N–H and O–H groups in total. The molecule has 0 heterocycles. The van der Waals surface area contributed by atoms with Crippen molar-refractivity contribution < 1.29 is 14.6 Å². The average Bonchev–Trinajstić information content (AvgIpc) is 2.25. The second-order valence-electron chi connectivity index (χ2n) is 6.14. The molecule has 1 aromatic rings. The number of nitrogens with one attached hydrogen (secondary N) is 1. The van der Waals surface area contributed by atoms with Crippen molar-refractivity contribution in [3.63, 3.8) is 0 Å². The van der Waals surface area contributed by atoms with Gasteiger partial charge in [0.2, 0.25) is 0 Å². The van der Waals surface area contributed by atoms with Crippen molar-refractivity contribution >= 4 is 6.09 Å². The van der Waals surface area contributed by atoms with Crippen molar-refractivity contribution in [2.45, 2.75) is 50.9 Å². The van der Waals surface area contributed by atoms with Gasteiger partial charge in [0.1, 0.15) is 5.60 Å². The largest absolute Gasteiger partial charge is 0.444 e. The molecule has 1 saturated carbocycles. The monoisotopic (exact) mass is 263 g/mol. The molecular weight excluding hydrogens is 242 g/mol. The molecule has 1 aliphatic carbocycles. The van der Waals surface area contributed by atoms with Crippen LogP contribution in [0.2, 0.25) is 0 Å². The Labute approximate surface area is 113 Å². The summed E-state index contributed by atoms with van der Waals surface area (Å²) >= 11 is 0. The maximum absolute atomic E-state index is 11.9. The zero-order chi connectivity index (χ0) is 14.1. The Balaban J connectivity index is 2.12. The first-order valence-electron chi connectivity index (χ1n) is 6.55. The molecule has 1 amide bonds. The highest BCUT2D eigenvalue weighted by atomic mass is 16.6. The van der Waals surface area contributed by atoms with Crippen molar-refractivity contribution in [2.75, 3.05) is 0 Å². The predicted molar refractivity (Wildman–Crippen MR) is 72.7 cm³/mol. The molecular formula is C15H21NO3. The fourth-order valence-corrected chi connectivity index (χ4v) is 2.41. The second-order valence-corrected chi connectivity index (χ2v) is 6.14. The third-order valence-corrected chi connectivity index (χ3v) is 3.23. The summed E-state index contributed by atoms with van der Waals surface area (Å²) in [6.07, 6.45) is 0.241. The van der Waals surface area contributed by atoms with Crippen LogP contribution >= 0.6 is 0 Å². The van der Waals surface area contributed by atoms with Crippen LogP contribution < -0.4 is 5.32 Å². The average molecular weight is 263 g/mol. The number of aliphatic hydroxyl groups excluding tert-OH is 1. The minimum absolute atomic E-state index is 0.366. The number of hydrogen-bond acceptors (Lipinski definition) is 3. The first-order valence-corrected chi connectivity index (χ1v) is 6.55. The zero-order valence-electron chi connectivity index (χ0n) is 11.6. The topological polar surface area (TPSA) is 58.6 Å². The summed E-state index contributed by atoms with van der Waals surface area (Å²) in [5.41, 5.74) is -0.0148. The second kappa shape index (κ2) is 4.85. The lowest BCUT2D eigenvalue weighted by Crippen LogP contribution is -2.57. The van der Waals surface area contributed by atoms with Crippen LogP contribution in [-0.2, 0) is 10.3 Å². The maximum Gasteiger partial charge on any atom is 0.408 e. The Morgan fingerprint density at radius 1 is 1.32 bits per heavy atom. The van der Waals surface area contributed by atoms with Gasteiger partial charge in [-0.3, -0.25) is 0 Å². The summed E-state index contributed by atoms with van der Waals surface area (Å²) in [5.74, 6) is 0. The van der Waals surface area contributed by atoms with Gasteiger partial charge in [0.25, 0.3) is 0 Å². The Morgan fingerprint density at radius 2 is 1.89 bits per heavy atom. The molecule has 19 heavy (non-hydrogen) atoms. The number of aliphatic hydroxyl groups is 1. The molecule has 4 heteroatoms. The van der Waals surface area contributed by atoms with E-state index in [-0.39, 0.29) is 6.10 Å². The van der Waals surface area contributed by atoms with Crippen LogP contribution in [0.15, 0.2) is 30.3 Å². The van der Waals surface area contributed by atoms with Gasteiger partial charge in [0, 0.05) is 12.8 Å². The van der Waals surface area contributed by atoms with Gasteiger partial charge in [-0.25, -0.2) is 4.79 Å². The van der Waals surface area contributed by atoms with Crippen molar-refractivity contribution in [1.82, 2.24) is 5.32 Å². The van der Waals surface area contributed by atoms with Crippen LogP contribution in [0.25, 0.3) is 0 Å². The fraction of sp³-hybridized carbons (Fsp3) is 0.533. The molecule has 0 saturated heterocycles.